The number of cyclic esters (lactones) is 1. The van der Waals surface area contributed by atoms with Crippen molar-refractivity contribution in [3.63, 3.8) is 0 Å². The molecule has 12 atom stereocenters. The van der Waals surface area contributed by atoms with Gasteiger partial charge >= 0.3 is 12.1 Å². The van der Waals surface area contributed by atoms with Crippen molar-refractivity contribution in [2.24, 2.45) is 17.8 Å². The number of nitrogens with one attached hydrogen (secondary N) is 1. The van der Waals surface area contributed by atoms with Gasteiger partial charge in [0.1, 0.15) is 35.1 Å². The van der Waals surface area contributed by atoms with Crippen molar-refractivity contribution >= 4 is 28.9 Å². The van der Waals surface area contributed by atoms with Crippen LogP contribution in [0.1, 0.15) is 81.1 Å². The SMILES string of the molecule is CC[C@H]1OC(=O)/C(C)=C/[C@H](C)[C@@H](O[C@@H]2O[C@H](C)C[C@H](N(C)C)[C@H]2O)[C@@](C)(OC)C[C@@H](C)C(=O)[C@H](C)[C@H]2N(NCCCn3nc4ccccc4n3)C(=O)O[C@]12C. The second-order valence-electron chi connectivity index (χ2n) is 16.4. The first kappa shape index (κ1) is 42.7. The lowest BCUT2D eigenvalue weighted by Gasteiger charge is -2.46. The van der Waals surface area contributed by atoms with E-state index < -0.39 is 71.7 Å². The van der Waals surface area contributed by atoms with Gasteiger partial charge in [-0.25, -0.2) is 20.0 Å². The number of likely N-dealkylation sites (N-methyl/N-ethyl adjacent to an activating group) is 1. The predicted molar refractivity (Wildman–Crippen MR) is 204 cm³/mol. The minimum absolute atomic E-state index is 0.122. The van der Waals surface area contributed by atoms with Gasteiger partial charge in [-0.15, -0.1) is 0 Å². The first-order valence-electron chi connectivity index (χ1n) is 19.6. The molecule has 0 unspecified atom stereocenters. The lowest BCUT2D eigenvalue weighted by atomic mass is 9.74. The summed E-state index contributed by atoms with van der Waals surface area (Å²) in [5.74, 6) is -2.48. The van der Waals surface area contributed by atoms with Crippen molar-refractivity contribution < 1.29 is 43.2 Å². The number of nitrogens with zero attached hydrogens (tertiary/aromatic N) is 5. The third kappa shape index (κ3) is 8.92. The zero-order valence-electron chi connectivity index (χ0n) is 34.4. The molecule has 0 aliphatic carbocycles. The number of methoxy groups -OCH3 is 1. The van der Waals surface area contributed by atoms with E-state index in [9.17, 15) is 19.5 Å². The molecule has 3 aliphatic heterocycles. The van der Waals surface area contributed by atoms with Crippen LogP contribution in [0, 0.1) is 17.8 Å². The molecule has 2 N–H and O–H groups in total. The van der Waals surface area contributed by atoms with Crippen LogP contribution in [0.4, 0.5) is 4.79 Å². The Labute approximate surface area is 324 Å². The maximum Gasteiger partial charge on any atom is 0.425 e. The summed E-state index contributed by atoms with van der Waals surface area (Å²) in [6, 6.07) is 6.58. The molecule has 0 radical (unpaired) electrons. The van der Waals surface area contributed by atoms with E-state index in [4.69, 9.17) is 23.7 Å². The summed E-state index contributed by atoms with van der Waals surface area (Å²) in [6.07, 6.45) is -0.897. The number of carbonyl (C=O) groups is 3. The lowest BCUT2D eigenvalue weighted by Crippen LogP contribution is -2.60. The van der Waals surface area contributed by atoms with E-state index in [1.807, 2.05) is 77.9 Å². The van der Waals surface area contributed by atoms with E-state index in [2.05, 4.69) is 15.6 Å². The van der Waals surface area contributed by atoms with Gasteiger partial charge in [0, 0.05) is 43.0 Å². The number of Topliss-reactive ketones (excluding diaryl/α,β-unsaturated/α-hetero) is 1. The van der Waals surface area contributed by atoms with Crippen molar-refractivity contribution in [1.82, 2.24) is 30.3 Å². The molecule has 2 aromatic rings. The largest absolute Gasteiger partial charge is 0.455 e. The van der Waals surface area contributed by atoms with Gasteiger partial charge < -0.3 is 33.7 Å². The number of aliphatic hydroxyl groups is 1. The molecule has 15 heteroatoms. The van der Waals surface area contributed by atoms with E-state index in [1.165, 1.54) is 5.01 Å². The summed E-state index contributed by atoms with van der Waals surface area (Å²) in [5.41, 5.74) is 2.70. The number of aromatic nitrogens is 3. The summed E-state index contributed by atoms with van der Waals surface area (Å²) in [7, 11) is 5.39. The van der Waals surface area contributed by atoms with Gasteiger partial charge in [0.15, 0.2) is 11.9 Å². The van der Waals surface area contributed by atoms with E-state index in [1.54, 1.807) is 38.8 Å². The van der Waals surface area contributed by atoms with E-state index in [-0.39, 0.29) is 24.3 Å². The Morgan fingerprint density at radius 3 is 2.33 bits per heavy atom. The van der Waals surface area contributed by atoms with Crippen LogP contribution in [-0.4, -0.2) is 130 Å². The lowest BCUT2D eigenvalue weighted by molar-refractivity contribution is -0.294. The van der Waals surface area contributed by atoms with Crippen molar-refractivity contribution in [1.29, 1.82) is 0 Å². The van der Waals surface area contributed by atoms with E-state index in [0.29, 0.717) is 37.9 Å². The Balaban J connectivity index is 1.45. The number of benzene rings is 1. The van der Waals surface area contributed by atoms with Crippen LogP contribution in [0.15, 0.2) is 35.9 Å². The van der Waals surface area contributed by atoms with Gasteiger partial charge in [0.2, 0.25) is 0 Å². The highest BCUT2D eigenvalue weighted by atomic mass is 16.7. The Bertz CT molecular complexity index is 1670. The highest BCUT2D eigenvalue weighted by Crippen LogP contribution is 2.42. The first-order chi connectivity index (χ1) is 25.9. The molecular formula is C40H62N6O9. The summed E-state index contributed by atoms with van der Waals surface area (Å²) in [5, 5.41) is 21.9. The molecule has 55 heavy (non-hydrogen) atoms. The van der Waals surface area contributed by atoms with Gasteiger partial charge in [-0.3, -0.25) is 4.79 Å². The highest BCUT2D eigenvalue weighted by molar-refractivity contribution is 5.88. The van der Waals surface area contributed by atoms with Crippen LogP contribution >= 0.6 is 0 Å². The number of ketones is 1. The second-order valence-corrected chi connectivity index (χ2v) is 16.4. The fourth-order valence-electron chi connectivity index (χ4n) is 8.86. The normalized spacial score (nSPS) is 37.7. The van der Waals surface area contributed by atoms with Crippen molar-refractivity contribution in [3.05, 3.63) is 35.9 Å². The fraction of sp³-hybridized carbons (Fsp3) is 0.725. The Morgan fingerprint density at radius 2 is 1.73 bits per heavy atom. The average Bonchev–Trinajstić information content (AvgIpc) is 3.67. The average molecular weight is 771 g/mol. The standard InChI is InChI=1S/C40H62N6O9/c1-12-31-40(8)34(46(38(50)55-40)41-18-15-19-45-42-28-16-13-14-17-29(28)43-45)27(6)32(47)25(4)22-39(7,51-11)35(23(2)20-24(3)36(49)53-31)54-37-33(48)30(44(9)10)21-26(5)52-37/h13-14,16-17,20,23,25-27,30-31,33-35,37,41,48H,12,15,18-19,21-22H2,1-11H3/b24-20+/t23-,25+,26+,27-,30-,31+,33+,34+,35+,37-,39-,40+/m0/s1. The maximum absolute atomic E-state index is 14.6. The van der Waals surface area contributed by atoms with Crippen LogP contribution in [0.5, 0.6) is 0 Å². The number of hydrogen-bond acceptors (Lipinski definition) is 13. The summed E-state index contributed by atoms with van der Waals surface area (Å²) < 4.78 is 31.4. The van der Waals surface area contributed by atoms with Crippen molar-refractivity contribution in [2.45, 2.75) is 142 Å². The van der Waals surface area contributed by atoms with Gasteiger partial charge in [-0.05, 0) is 79.6 Å². The molecule has 1 aromatic heterocycles. The molecule has 3 aliphatic rings. The molecule has 0 spiro atoms. The number of ether oxygens (including phenoxy) is 5. The predicted octanol–water partition coefficient (Wildman–Crippen LogP) is 4.27. The molecular weight excluding hydrogens is 708 g/mol. The number of hydrazine groups is 1. The smallest absolute Gasteiger partial charge is 0.425 e. The minimum Gasteiger partial charge on any atom is -0.455 e. The Morgan fingerprint density at radius 1 is 1.07 bits per heavy atom. The number of hydrogen-bond donors (Lipinski definition) is 2. The monoisotopic (exact) mass is 770 g/mol. The van der Waals surface area contributed by atoms with Gasteiger partial charge in [0.05, 0.1) is 24.4 Å². The van der Waals surface area contributed by atoms with Crippen LogP contribution in [-0.2, 0) is 39.8 Å². The fourth-order valence-corrected chi connectivity index (χ4v) is 8.86. The zero-order chi connectivity index (χ0) is 40.4. The van der Waals surface area contributed by atoms with Crippen LogP contribution in [0.3, 0.4) is 0 Å². The number of esters is 1. The first-order valence-corrected chi connectivity index (χ1v) is 19.6. The molecule has 2 fully saturated rings. The molecule has 1 amide bonds. The molecule has 2 saturated heterocycles. The highest BCUT2D eigenvalue weighted by Gasteiger charge is 2.60. The third-order valence-electron chi connectivity index (χ3n) is 11.8. The quantitative estimate of drug-likeness (QED) is 0.260. The van der Waals surface area contributed by atoms with E-state index >= 15 is 0 Å². The molecule has 4 heterocycles. The zero-order valence-corrected chi connectivity index (χ0v) is 34.4. The number of aliphatic hydroxyl groups excluding tert-OH is 1. The van der Waals surface area contributed by atoms with Crippen molar-refractivity contribution in [2.75, 3.05) is 27.7 Å². The topological polar surface area (TPSA) is 167 Å². The summed E-state index contributed by atoms with van der Waals surface area (Å²) in [6.45, 7) is 15.5. The van der Waals surface area contributed by atoms with Gasteiger partial charge in [0.25, 0.3) is 0 Å². The van der Waals surface area contributed by atoms with Crippen LogP contribution in [0.2, 0.25) is 0 Å². The van der Waals surface area contributed by atoms with Gasteiger partial charge in [-0.1, -0.05) is 45.9 Å². The van der Waals surface area contributed by atoms with E-state index in [0.717, 1.165) is 11.0 Å². The number of fused-ring (bicyclic) bond motifs is 2. The summed E-state index contributed by atoms with van der Waals surface area (Å²) >= 11 is 0. The molecule has 0 saturated carbocycles. The number of rotatable bonds is 10. The van der Waals surface area contributed by atoms with Crippen molar-refractivity contribution in [3.8, 4) is 0 Å². The van der Waals surface area contributed by atoms with Gasteiger partial charge in [-0.2, -0.15) is 15.0 Å². The molecule has 306 valence electrons. The Hall–Kier alpha value is -3.47. The maximum atomic E-state index is 14.6. The third-order valence-corrected chi connectivity index (χ3v) is 11.8. The molecule has 1 aromatic carbocycles. The second kappa shape index (κ2) is 17.3. The Kier molecular flexibility index (Phi) is 13.5. The molecule has 5 rings (SSSR count). The molecule has 0 bridgehead atoms. The van der Waals surface area contributed by atoms with Crippen LogP contribution in [0.25, 0.3) is 11.0 Å². The minimum atomic E-state index is -1.37. The molecule has 15 nitrogen and oxygen atoms in total. The van der Waals surface area contributed by atoms with Crippen LogP contribution < -0.4 is 5.43 Å². The number of carbonyl (C=O) groups excluding carboxylic acids is 3. The number of aryl methyl sites for hydroxylation is 1. The summed E-state index contributed by atoms with van der Waals surface area (Å²) in [4.78, 5) is 45.8. The number of amides is 1.